The molecule has 0 fully saturated rings. The van der Waals surface area contributed by atoms with Crippen molar-refractivity contribution < 1.29 is 19.4 Å². The van der Waals surface area contributed by atoms with Crippen LogP contribution in [0.2, 0.25) is 0 Å². The average molecular weight is 445 g/mol. The van der Waals surface area contributed by atoms with Crippen LogP contribution in [0.3, 0.4) is 0 Å². The molecule has 1 aromatic carbocycles. The van der Waals surface area contributed by atoms with Crippen LogP contribution in [0.25, 0.3) is 0 Å². The number of H-pyrrole nitrogens is 1. The van der Waals surface area contributed by atoms with Gasteiger partial charge in [0.1, 0.15) is 17.3 Å². The van der Waals surface area contributed by atoms with Crippen molar-refractivity contribution >= 4 is 17.3 Å². The molecule has 32 heavy (non-hydrogen) atoms. The molecule has 172 valence electrons. The molecular formula is C23H29FN4O4. The van der Waals surface area contributed by atoms with Gasteiger partial charge in [0, 0.05) is 13.0 Å². The number of benzene rings is 1. The van der Waals surface area contributed by atoms with E-state index in [-0.39, 0.29) is 35.9 Å². The molecule has 2 rings (SSSR count). The summed E-state index contributed by atoms with van der Waals surface area (Å²) in [5.74, 6) is -1.24. The number of azo groups is 1. The van der Waals surface area contributed by atoms with Crippen LogP contribution in [-0.4, -0.2) is 26.0 Å². The van der Waals surface area contributed by atoms with E-state index in [1.54, 1.807) is 52.0 Å². The van der Waals surface area contributed by atoms with Crippen LogP contribution in [0.5, 0.6) is 5.75 Å². The number of aromatic hydroxyl groups is 1. The third-order valence-corrected chi connectivity index (χ3v) is 4.97. The van der Waals surface area contributed by atoms with Crippen LogP contribution in [0.4, 0.5) is 15.8 Å². The molecular weight excluding hydrogens is 415 g/mol. The van der Waals surface area contributed by atoms with Crippen LogP contribution in [0, 0.1) is 6.92 Å². The molecule has 8 nitrogen and oxygen atoms in total. The normalized spacial score (nSPS) is 11.8. The summed E-state index contributed by atoms with van der Waals surface area (Å²) in [4.78, 5) is 23.1. The summed E-state index contributed by atoms with van der Waals surface area (Å²) in [5, 5.41) is 30.2. The van der Waals surface area contributed by atoms with Crippen molar-refractivity contribution in [1.29, 1.82) is 0 Å². The van der Waals surface area contributed by atoms with Crippen molar-refractivity contribution in [2.75, 3.05) is 0 Å². The molecule has 0 spiro atoms. The number of allylic oxidation sites excluding steroid dienone is 4. The number of carboxylic acid groups (broad SMARTS) is 1. The SMILES string of the molecule is C/C=C(/CCc1cccc(N=Nc2c(C)[nH]n(CCCC(=O)O)c2=O)c1O)C(F)=C(C)C. The van der Waals surface area contributed by atoms with Gasteiger partial charge in [-0.2, -0.15) is 0 Å². The van der Waals surface area contributed by atoms with Gasteiger partial charge in [-0.05, 0) is 69.7 Å². The number of phenolic OH excluding ortho intramolecular Hbond substituents is 1. The highest BCUT2D eigenvalue weighted by Crippen LogP contribution is 2.33. The third kappa shape index (κ3) is 6.26. The number of aliphatic carboxylic acids is 1. The molecule has 0 aliphatic rings. The Morgan fingerprint density at radius 3 is 2.59 bits per heavy atom. The number of phenols is 1. The van der Waals surface area contributed by atoms with Gasteiger partial charge < -0.3 is 10.2 Å². The molecule has 0 amide bonds. The summed E-state index contributed by atoms with van der Waals surface area (Å²) in [5.41, 5.74) is 2.13. The predicted molar refractivity (Wildman–Crippen MR) is 121 cm³/mol. The second kappa shape index (κ2) is 11.2. The first-order valence-corrected chi connectivity index (χ1v) is 10.4. The Hall–Kier alpha value is -3.49. The van der Waals surface area contributed by atoms with E-state index in [4.69, 9.17) is 5.11 Å². The lowest BCUT2D eigenvalue weighted by Gasteiger charge is -2.09. The van der Waals surface area contributed by atoms with Gasteiger partial charge in [-0.25, -0.2) is 4.39 Å². The highest BCUT2D eigenvalue weighted by Gasteiger charge is 2.13. The molecule has 9 heteroatoms. The third-order valence-electron chi connectivity index (χ3n) is 4.97. The van der Waals surface area contributed by atoms with Gasteiger partial charge in [0.2, 0.25) is 0 Å². The Morgan fingerprint density at radius 2 is 1.97 bits per heavy atom. The molecule has 0 unspecified atom stereocenters. The molecule has 3 N–H and O–H groups in total. The fourth-order valence-electron chi connectivity index (χ4n) is 3.19. The minimum atomic E-state index is -0.929. The van der Waals surface area contributed by atoms with Gasteiger partial charge in [-0.3, -0.25) is 19.4 Å². The number of halogens is 1. The number of aryl methyl sites for hydroxylation is 3. The van der Waals surface area contributed by atoms with Gasteiger partial charge in [0.15, 0.2) is 5.69 Å². The number of rotatable bonds is 10. The molecule has 1 aromatic heterocycles. The Morgan fingerprint density at radius 1 is 1.25 bits per heavy atom. The van der Waals surface area contributed by atoms with E-state index in [1.165, 1.54) is 4.68 Å². The summed E-state index contributed by atoms with van der Waals surface area (Å²) in [6.07, 6.45) is 2.80. The number of aromatic nitrogens is 2. The highest BCUT2D eigenvalue weighted by atomic mass is 19.1. The van der Waals surface area contributed by atoms with Gasteiger partial charge in [0.25, 0.3) is 5.56 Å². The molecule has 0 aliphatic heterocycles. The number of nitrogens with zero attached hydrogens (tertiary/aromatic N) is 3. The summed E-state index contributed by atoms with van der Waals surface area (Å²) in [7, 11) is 0. The van der Waals surface area contributed by atoms with Crippen LogP contribution in [0.15, 0.2) is 56.3 Å². The smallest absolute Gasteiger partial charge is 0.303 e. The molecule has 0 atom stereocenters. The van der Waals surface area contributed by atoms with Crippen molar-refractivity contribution in [3.63, 3.8) is 0 Å². The van der Waals surface area contributed by atoms with Gasteiger partial charge in [-0.15, -0.1) is 10.2 Å². The number of hydrogen-bond donors (Lipinski definition) is 3. The Kier molecular flexibility index (Phi) is 8.69. The van der Waals surface area contributed by atoms with Gasteiger partial charge in [-0.1, -0.05) is 18.2 Å². The molecule has 0 radical (unpaired) electrons. The maximum atomic E-state index is 14.2. The highest BCUT2D eigenvalue weighted by molar-refractivity contribution is 5.66. The monoisotopic (exact) mass is 444 g/mol. The van der Waals surface area contributed by atoms with Crippen LogP contribution in [0.1, 0.15) is 51.3 Å². The van der Waals surface area contributed by atoms with E-state index >= 15 is 0 Å². The summed E-state index contributed by atoms with van der Waals surface area (Å²) in [6.45, 7) is 7.07. The van der Waals surface area contributed by atoms with Crippen molar-refractivity contribution in [2.45, 2.75) is 59.9 Å². The van der Waals surface area contributed by atoms with Crippen LogP contribution >= 0.6 is 0 Å². The largest absolute Gasteiger partial charge is 0.505 e. The molecule has 0 aliphatic carbocycles. The maximum Gasteiger partial charge on any atom is 0.303 e. The first-order valence-electron chi connectivity index (χ1n) is 10.4. The Bertz CT molecular complexity index is 1120. The van der Waals surface area contributed by atoms with E-state index in [1.807, 2.05) is 0 Å². The van der Waals surface area contributed by atoms with Crippen molar-refractivity contribution in [1.82, 2.24) is 9.78 Å². The minimum absolute atomic E-state index is 0.0471. The number of para-hydroxylation sites is 1. The topological polar surface area (TPSA) is 120 Å². The number of hydrogen-bond acceptors (Lipinski definition) is 5. The predicted octanol–water partition coefficient (Wildman–Crippen LogP) is 5.61. The fourth-order valence-corrected chi connectivity index (χ4v) is 3.19. The average Bonchev–Trinajstić information content (AvgIpc) is 3.01. The fraction of sp³-hybridized carbons (Fsp3) is 0.391. The van der Waals surface area contributed by atoms with E-state index in [0.29, 0.717) is 41.7 Å². The van der Waals surface area contributed by atoms with E-state index in [0.717, 1.165) is 0 Å². The second-order valence-corrected chi connectivity index (χ2v) is 7.65. The summed E-state index contributed by atoms with van der Waals surface area (Å²) < 4.78 is 15.5. The second-order valence-electron chi connectivity index (χ2n) is 7.65. The van der Waals surface area contributed by atoms with Crippen molar-refractivity contribution in [2.24, 2.45) is 10.2 Å². The lowest BCUT2D eigenvalue weighted by Crippen LogP contribution is -2.17. The zero-order chi connectivity index (χ0) is 23.8. The molecule has 0 saturated carbocycles. The number of nitrogens with one attached hydrogen (secondary N) is 1. The molecule has 2 aromatic rings. The number of carbonyl (C=O) groups is 1. The van der Waals surface area contributed by atoms with Gasteiger partial charge in [0.05, 0.1) is 5.69 Å². The van der Waals surface area contributed by atoms with E-state index in [9.17, 15) is 19.1 Å². The quantitative estimate of drug-likeness (QED) is 0.326. The van der Waals surface area contributed by atoms with E-state index in [2.05, 4.69) is 15.3 Å². The van der Waals surface area contributed by atoms with Crippen LogP contribution < -0.4 is 5.56 Å². The standard InChI is InChI=1S/C23H29FN4O4/c1-5-16(20(24)14(2)3)11-12-17-8-6-9-18(22(17)31)25-26-21-15(4)27-28(23(21)32)13-7-10-19(29)30/h5-6,8-9,27,31H,7,10-13H2,1-4H3,(H,29,30)/b16-5-,26-25?. The zero-order valence-corrected chi connectivity index (χ0v) is 18.8. The lowest BCUT2D eigenvalue weighted by molar-refractivity contribution is -0.137. The first kappa shape index (κ1) is 24.8. The van der Waals surface area contributed by atoms with E-state index < -0.39 is 11.5 Å². The maximum absolute atomic E-state index is 14.2. The first-order chi connectivity index (χ1) is 15.1. The molecule has 1 heterocycles. The van der Waals surface area contributed by atoms with Crippen LogP contribution in [-0.2, 0) is 17.8 Å². The summed E-state index contributed by atoms with van der Waals surface area (Å²) >= 11 is 0. The van der Waals surface area contributed by atoms with Crippen molar-refractivity contribution in [3.8, 4) is 5.75 Å². The summed E-state index contributed by atoms with van der Waals surface area (Å²) in [6, 6.07) is 5.02. The molecule has 0 bridgehead atoms. The lowest BCUT2D eigenvalue weighted by atomic mass is 10.0. The molecule has 0 saturated heterocycles. The van der Waals surface area contributed by atoms with Crippen molar-refractivity contribution in [3.05, 3.63) is 62.9 Å². The Balaban J connectivity index is 2.19. The minimum Gasteiger partial charge on any atom is -0.505 e. The Labute approximate surface area is 185 Å². The number of aromatic amines is 1. The zero-order valence-electron chi connectivity index (χ0n) is 18.8. The van der Waals surface area contributed by atoms with Gasteiger partial charge >= 0.3 is 5.97 Å². The number of carboxylic acids is 1.